The Morgan fingerprint density at radius 2 is 1.75 bits per heavy atom. The van der Waals surface area contributed by atoms with Crippen LogP contribution in [0.5, 0.6) is 11.6 Å². The Morgan fingerprint density at radius 3 is 2.44 bits per heavy atom. The van der Waals surface area contributed by atoms with Crippen molar-refractivity contribution in [1.82, 2.24) is 9.97 Å². The van der Waals surface area contributed by atoms with Gasteiger partial charge in [-0.2, -0.15) is 0 Å². The van der Waals surface area contributed by atoms with Gasteiger partial charge in [0.15, 0.2) is 12.4 Å². The first-order valence-electron chi connectivity index (χ1n) is 10.1. The molecule has 0 saturated carbocycles. The topological polar surface area (TPSA) is 107 Å². The van der Waals surface area contributed by atoms with Crippen LogP contribution >= 0.6 is 0 Å². The van der Waals surface area contributed by atoms with Crippen LogP contribution in [0, 0.1) is 5.92 Å². The third kappa shape index (κ3) is 6.46. The molecule has 0 saturated heterocycles. The molecule has 0 fully saturated rings. The van der Waals surface area contributed by atoms with Crippen LogP contribution in [0.15, 0.2) is 67.1 Å². The van der Waals surface area contributed by atoms with E-state index in [1.54, 1.807) is 48.7 Å². The number of aromatic nitrogens is 2. The standard InChI is InChI=1S/C24H23N3O5/c1-16(2)13-22(29)27-18-9-7-17(8-10-18)21(28)15-31-24(30)20-6-4-12-26-23(20)32-19-5-3-11-25-14-19/h3-12,14,16H,13,15H2,1-2H3,(H,27,29). The van der Waals surface area contributed by atoms with Crippen LogP contribution in [0.2, 0.25) is 0 Å². The zero-order chi connectivity index (χ0) is 22.9. The summed E-state index contributed by atoms with van der Waals surface area (Å²) in [4.78, 5) is 44.8. The summed E-state index contributed by atoms with van der Waals surface area (Å²) < 4.78 is 10.8. The van der Waals surface area contributed by atoms with Crippen molar-refractivity contribution in [3.05, 3.63) is 78.2 Å². The monoisotopic (exact) mass is 433 g/mol. The molecule has 1 N–H and O–H groups in total. The number of carbonyl (C=O) groups excluding carboxylic acids is 3. The molecule has 0 spiro atoms. The van der Waals surface area contributed by atoms with E-state index in [0.29, 0.717) is 23.4 Å². The summed E-state index contributed by atoms with van der Waals surface area (Å²) in [6.07, 6.45) is 4.98. The van der Waals surface area contributed by atoms with E-state index in [1.165, 1.54) is 18.5 Å². The van der Waals surface area contributed by atoms with Gasteiger partial charge in [0.05, 0.1) is 6.20 Å². The molecule has 0 unspecified atom stereocenters. The maximum absolute atomic E-state index is 12.5. The van der Waals surface area contributed by atoms with Crippen LogP contribution in [0.1, 0.15) is 41.0 Å². The number of amides is 1. The van der Waals surface area contributed by atoms with Crippen molar-refractivity contribution in [2.75, 3.05) is 11.9 Å². The second-order valence-corrected chi connectivity index (χ2v) is 7.37. The molecule has 32 heavy (non-hydrogen) atoms. The van der Waals surface area contributed by atoms with Crippen molar-refractivity contribution >= 4 is 23.3 Å². The molecule has 0 bridgehead atoms. The quantitative estimate of drug-likeness (QED) is 0.396. The van der Waals surface area contributed by atoms with Crippen molar-refractivity contribution in [1.29, 1.82) is 0 Å². The van der Waals surface area contributed by atoms with Gasteiger partial charge in [-0.1, -0.05) is 13.8 Å². The molecular formula is C24H23N3O5. The molecule has 2 aromatic heterocycles. The third-order valence-corrected chi connectivity index (χ3v) is 4.26. The Hall–Kier alpha value is -4.07. The molecular weight excluding hydrogens is 410 g/mol. The molecule has 1 amide bonds. The van der Waals surface area contributed by atoms with Gasteiger partial charge in [0.1, 0.15) is 11.3 Å². The predicted octanol–water partition coefficient (Wildman–Crippen LogP) is 4.29. The summed E-state index contributed by atoms with van der Waals surface area (Å²) in [5, 5.41) is 2.78. The molecule has 8 nitrogen and oxygen atoms in total. The van der Waals surface area contributed by atoms with E-state index in [-0.39, 0.29) is 29.1 Å². The maximum atomic E-state index is 12.5. The summed E-state index contributed by atoms with van der Waals surface area (Å²) in [5.74, 6) is -0.481. The number of hydrogen-bond acceptors (Lipinski definition) is 7. The molecule has 0 aliphatic heterocycles. The molecule has 3 rings (SSSR count). The van der Waals surface area contributed by atoms with Gasteiger partial charge in [0, 0.05) is 30.1 Å². The Morgan fingerprint density at radius 1 is 1.00 bits per heavy atom. The first-order chi connectivity index (χ1) is 15.4. The number of nitrogens with zero attached hydrogens (tertiary/aromatic N) is 2. The number of Topliss-reactive ketones (excluding diaryl/α,β-unsaturated/α-hetero) is 1. The summed E-state index contributed by atoms with van der Waals surface area (Å²) >= 11 is 0. The SMILES string of the molecule is CC(C)CC(=O)Nc1ccc(C(=O)COC(=O)c2cccnc2Oc2cccnc2)cc1. The van der Waals surface area contributed by atoms with E-state index in [0.717, 1.165) is 0 Å². The Kier molecular flexibility index (Phi) is 7.64. The minimum absolute atomic E-state index is 0.0550. The Bertz CT molecular complexity index is 1080. The highest BCUT2D eigenvalue weighted by Gasteiger charge is 2.18. The fourth-order valence-electron chi connectivity index (χ4n) is 2.76. The summed E-state index contributed by atoms with van der Waals surface area (Å²) in [6.45, 7) is 3.48. The van der Waals surface area contributed by atoms with E-state index in [9.17, 15) is 14.4 Å². The van der Waals surface area contributed by atoms with Crippen molar-refractivity contribution in [3.8, 4) is 11.6 Å². The molecule has 3 aromatic rings. The average molecular weight is 433 g/mol. The largest absolute Gasteiger partial charge is 0.454 e. The number of ketones is 1. The van der Waals surface area contributed by atoms with Crippen LogP contribution in [0.3, 0.4) is 0 Å². The highest BCUT2D eigenvalue weighted by molar-refractivity contribution is 6.00. The third-order valence-electron chi connectivity index (χ3n) is 4.26. The molecule has 2 heterocycles. The highest BCUT2D eigenvalue weighted by Crippen LogP contribution is 2.22. The number of nitrogens with one attached hydrogen (secondary N) is 1. The fourth-order valence-corrected chi connectivity index (χ4v) is 2.76. The smallest absolute Gasteiger partial charge is 0.344 e. The van der Waals surface area contributed by atoms with Gasteiger partial charge in [-0.15, -0.1) is 0 Å². The van der Waals surface area contributed by atoms with Gasteiger partial charge in [-0.3, -0.25) is 14.6 Å². The number of esters is 1. The van der Waals surface area contributed by atoms with Crippen LogP contribution in [-0.2, 0) is 9.53 Å². The lowest BCUT2D eigenvalue weighted by atomic mass is 10.1. The summed E-state index contributed by atoms with van der Waals surface area (Å²) in [5.41, 5.74) is 1.04. The van der Waals surface area contributed by atoms with Gasteiger partial charge in [-0.05, 0) is 54.4 Å². The lowest BCUT2D eigenvalue weighted by molar-refractivity contribution is -0.116. The van der Waals surface area contributed by atoms with Crippen molar-refractivity contribution in [2.24, 2.45) is 5.92 Å². The highest BCUT2D eigenvalue weighted by atomic mass is 16.5. The zero-order valence-corrected chi connectivity index (χ0v) is 17.8. The molecule has 0 radical (unpaired) electrons. The molecule has 164 valence electrons. The number of benzene rings is 1. The second kappa shape index (κ2) is 10.8. The lowest BCUT2D eigenvalue weighted by Gasteiger charge is -2.10. The maximum Gasteiger partial charge on any atom is 0.344 e. The van der Waals surface area contributed by atoms with E-state index < -0.39 is 12.6 Å². The van der Waals surface area contributed by atoms with E-state index in [1.807, 2.05) is 13.8 Å². The van der Waals surface area contributed by atoms with Crippen LogP contribution in [-0.4, -0.2) is 34.2 Å². The van der Waals surface area contributed by atoms with E-state index in [2.05, 4.69) is 15.3 Å². The average Bonchev–Trinajstić information content (AvgIpc) is 2.78. The van der Waals surface area contributed by atoms with Gasteiger partial charge in [0.2, 0.25) is 11.8 Å². The van der Waals surface area contributed by atoms with Gasteiger partial charge < -0.3 is 14.8 Å². The number of pyridine rings is 2. The lowest BCUT2D eigenvalue weighted by Crippen LogP contribution is -2.16. The summed E-state index contributed by atoms with van der Waals surface area (Å²) in [7, 11) is 0. The first-order valence-corrected chi connectivity index (χ1v) is 10.1. The Balaban J connectivity index is 1.58. The molecule has 0 aliphatic rings. The minimum Gasteiger partial charge on any atom is -0.454 e. The van der Waals surface area contributed by atoms with Gasteiger partial charge in [0.25, 0.3) is 0 Å². The summed E-state index contributed by atoms with van der Waals surface area (Å²) in [6, 6.07) is 12.8. The normalized spacial score (nSPS) is 10.5. The number of carbonyl (C=O) groups is 3. The van der Waals surface area contributed by atoms with Crippen molar-refractivity contribution in [2.45, 2.75) is 20.3 Å². The van der Waals surface area contributed by atoms with Crippen LogP contribution in [0.4, 0.5) is 5.69 Å². The number of ether oxygens (including phenoxy) is 2. The second-order valence-electron chi connectivity index (χ2n) is 7.37. The number of anilines is 1. The van der Waals surface area contributed by atoms with Gasteiger partial charge >= 0.3 is 5.97 Å². The molecule has 0 aliphatic carbocycles. The number of rotatable bonds is 9. The van der Waals surface area contributed by atoms with E-state index in [4.69, 9.17) is 9.47 Å². The van der Waals surface area contributed by atoms with Crippen LogP contribution in [0.25, 0.3) is 0 Å². The van der Waals surface area contributed by atoms with Crippen molar-refractivity contribution in [3.63, 3.8) is 0 Å². The fraction of sp³-hybridized carbons (Fsp3) is 0.208. The van der Waals surface area contributed by atoms with E-state index >= 15 is 0 Å². The molecule has 1 aromatic carbocycles. The first kappa shape index (κ1) is 22.6. The zero-order valence-electron chi connectivity index (χ0n) is 17.8. The van der Waals surface area contributed by atoms with Crippen molar-refractivity contribution < 1.29 is 23.9 Å². The predicted molar refractivity (Wildman–Crippen MR) is 118 cm³/mol. The molecule has 0 atom stereocenters. The molecule has 8 heteroatoms. The Labute approximate surface area is 185 Å². The van der Waals surface area contributed by atoms with Gasteiger partial charge in [-0.25, -0.2) is 9.78 Å². The van der Waals surface area contributed by atoms with Crippen LogP contribution < -0.4 is 10.1 Å². The number of hydrogen-bond donors (Lipinski definition) is 1. The minimum atomic E-state index is -0.733.